The summed E-state index contributed by atoms with van der Waals surface area (Å²) < 4.78 is 10.8. The first kappa shape index (κ1) is 18.7. The number of carbonyl (C=O) groups excluding carboxylic acids is 1. The number of fused-ring (bicyclic) bond motifs is 1. The first-order valence-corrected chi connectivity index (χ1v) is 8.95. The van der Waals surface area contributed by atoms with Crippen LogP contribution in [0.1, 0.15) is 23.6 Å². The average molecular weight is 366 g/mol. The number of hydrogen-bond acceptors (Lipinski definition) is 4. The third kappa shape index (κ3) is 4.04. The standard InChI is InChI=1S/C21H23N3O3/c1-14(21(25)23-18-6-4-15(12-22)5-7-18)24-9-8-16-10-19(26-2)20(27-3)11-17(16)13-24/h4-7,10-11,14H,8-9,13H2,1-3H3,(H,23,25)/p+1/t14-/m1/s1. The van der Waals surface area contributed by atoms with E-state index in [4.69, 9.17) is 14.7 Å². The molecule has 1 aliphatic rings. The lowest BCUT2D eigenvalue weighted by Crippen LogP contribution is -3.16. The predicted molar refractivity (Wildman–Crippen MR) is 102 cm³/mol. The van der Waals surface area contributed by atoms with Crippen LogP contribution in [0.5, 0.6) is 11.5 Å². The van der Waals surface area contributed by atoms with E-state index in [1.807, 2.05) is 19.1 Å². The van der Waals surface area contributed by atoms with Crippen molar-refractivity contribution in [2.24, 2.45) is 0 Å². The molecule has 6 heteroatoms. The second-order valence-corrected chi connectivity index (χ2v) is 6.71. The van der Waals surface area contributed by atoms with E-state index in [0.29, 0.717) is 17.0 Å². The van der Waals surface area contributed by atoms with Gasteiger partial charge in [-0.3, -0.25) is 4.79 Å². The molecule has 2 atom stereocenters. The number of carbonyl (C=O) groups is 1. The normalized spacial score (nSPS) is 16.6. The van der Waals surface area contributed by atoms with E-state index in [2.05, 4.69) is 11.4 Å². The van der Waals surface area contributed by atoms with Crippen molar-refractivity contribution in [2.75, 3.05) is 26.1 Å². The SMILES string of the molecule is COc1cc2c(cc1OC)C[NH+]([C@H](C)C(=O)Nc1ccc(C#N)cc1)CC2. The Kier molecular flexibility index (Phi) is 5.63. The van der Waals surface area contributed by atoms with E-state index in [0.717, 1.165) is 25.3 Å². The zero-order valence-electron chi connectivity index (χ0n) is 15.8. The van der Waals surface area contributed by atoms with E-state index >= 15 is 0 Å². The molecule has 0 saturated heterocycles. The average Bonchev–Trinajstić information content (AvgIpc) is 2.72. The van der Waals surface area contributed by atoms with Gasteiger partial charge >= 0.3 is 0 Å². The van der Waals surface area contributed by atoms with Crippen LogP contribution >= 0.6 is 0 Å². The number of nitrogens with zero attached hydrogens (tertiary/aromatic N) is 1. The molecule has 6 nitrogen and oxygen atoms in total. The first-order valence-electron chi connectivity index (χ1n) is 8.95. The molecule has 0 fully saturated rings. The molecule has 1 aliphatic heterocycles. The van der Waals surface area contributed by atoms with Crippen LogP contribution in [0.2, 0.25) is 0 Å². The molecule has 3 rings (SSSR count). The Labute approximate surface area is 159 Å². The summed E-state index contributed by atoms with van der Waals surface area (Å²) in [4.78, 5) is 13.9. The largest absolute Gasteiger partial charge is 0.493 e. The molecule has 0 aromatic heterocycles. The van der Waals surface area contributed by atoms with Gasteiger partial charge in [0.2, 0.25) is 0 Å². The van der Waals surface area contributed by atoms with E-state index in [9.17, 15) is 4.79 Å². The van der Waals surface area contributed by atoms with Gasteiger partial charge in [-0.25, -0.2) is 0 Å². The highest BCUT2D eigenvalue weighted by Gasteiger charge is 2.30. The second kappa shape index (κ2) is 8.11. The Bertz CT molecular complexity index is 871. The van der Waals surface area contributed by atoms with E-state index in [-0.39, 0.29) is 11.9 Å². The lowest BCUT2D eigenvalue weighted by molar-refractivity contribution is -0.929. The summed E-state index contributed by atoms with van der Waals surface area (Å²) in [6.07, 6.45) is 0.888. The zero-order chi connectivity index (χ0) is 19.4. The van der Waals surface area contributed by atoms with Crippen molar-refractivity contribution in [3.05, 3.63) is 53.1 Å². The Hall–Kier alpha value is -3.04. The molecule has 0 radical (unpaired) electrons. The molecule has 2 aromatic carbocycles. The molecule has 0 spiro atoms. The number of ether oxygens (including phenoxy) is 2. The molecular formula is C21H24N3O3+. The van der Waals surface area contributed by atoms with Gasteiger partial charge in [0.15, 0.2) is 17.5 Å². The van der Waals surface area contributed by atoms with Gasteiger partial charge in [0, 0.05) is 17.7 Å². The van der Waals surface area contributed by atoms with Crippen LogP contribution in [-0.4, -0.2) is 32.7 Å². The zero-order valence-corrected chi connectivity index (χ0v) is 15.8. The highest BCUT2D eigenvalue weighted by Crippen LogP contribution is 2.31. The molecule has 2 N–H and O–H groups in total. The van der Waals surface area contributed by atoms with Crippen molar-refractivity contribution in [2.45, 2.75) is 25.9 Å². The van der Waals surface area contributed by atoms with Gasteiger partial charge in [0.25, 0.3) is 5.91 Å². The third-order valence-electron chi connectivity index (χ3n) is 5.13. The van der Waals surface area contributed by atoms with Crippen LogP contribution < -0.4 is 19.7 Å². The number of anilines is 1. The fourth-order valence-electron chi connectivity index (χ4n) is 3.42. The molecule has 1 amide bonds. The minimum atomic E-state index is -0.193. The lowest BCUT2D eigenvalue weighted by Gasteiger charge is -2.30. The van der Waals surface area contributed by atoms with Gasteiger partial charge < -0.3 is 19.7 Å². The molecule has 0 aliphatic carbocycles. The Morgan fingerprint density at radius 1 is 1.15 bits per heavy atom. The lowest BCUT2D eigenvalue weighted by atomic mass is 9.97. The van der Waals surface area contributed by atoms with Gasteiger partial charge in [-0.2, -0.15) is 5.26 Å². The van der Waals surface area contributed by atoms with Gasteiger partial charge in [-0.1, -0.05) is 0 Å². The van der Waals surface area contributed by atoms with Crippen molar-refractivity contribution in [1.82, 2.24) is 0 Å². The van der Waals surface area contributed by atoms with Crippen LogP contribution in [0, 0.1) is 11.3 Å². The van der Waals surface area contributed by atoms with Crippen molar-refractivity contribution < 1.29 is 19.2 Å². The van der Waals surface area contributed by atoms with E-state index < -0.39 is 0 Å². The van der Waals surface area contributed by atoms with Crippen LogP contribution in [0.3, 0.4) is 0 Å². The predicted octanol–water partition coefficient (Wildman–Crippen LogP) is 1.54. The quantitative estimate of drug-likeness (QED) is 0.842. The molecule has 0 bridgehead atoms. The van der Waals surface area contributed by atoms with E-state index in [1.165, 1.54) is 16.0 Å². The van der Waals surface area contributed by atoms with Crippen LogP contribution in [0.15, 0.2) is 36.4 Å². The summed E-state index contributed by atoms with van der Waals surface area (Å²) in [6.45, 7) is 3.59. The molecule has 140 valence electrons. The van der Waals surface area contributed by atoms with Gasteiger partial charge in [-0.05, 0) is 48.9 Å². The fraction of sp³-hybridized carbons (Fsp3) is 0.333. The molecule has 1 unspecified atom stereocenters. The van der Waals surface area contributed by atoms with Gasteiger partial charge in [0.1, 0.15) is 6.54 Å². The Balaban J connectivity index is 1.70. The van der Waals surface area contributed by atoms with Gasteiger partial charge in [-0.15, -0.1) is 0 Å². The van der Waals surface area contributed by atoms with Crippen LogP contribution in [0.25, 0.3) is 0 Å². The molecule has 1 heterocycles. The number of amides is 1. The summed E-state index contributed by atoms with van der Waals surface area (Å²) in [6, 6.07) is 12.8. The number of quaternary nitrogens is 1. The van der Waals surface area contributed by atoms with E-state index in [1.54, 1.807) is 38.5 Å². The minimum absolute atomic E-state index is 0.0290. The molecule has 27 heavy (non-hydrogen) atoms. The number of hydrogen-bond donors (Lipinski definition) is 2. The van der Waals surface area contributed by atoms with Crippen molar-refractivity contribution >= 4 is 11.6 Å². The molecule has 2 aromatic rings. The Morgan fingerprint density at radius 2 is 1.78 bits per heavy atom. The molecule has 0 saturated carbocycles. The van der Waals surface area contributed by atoms with Gasteiger partial charge in [0.05, 0.1) is 32.4 Å². The van der Waals surface area contributed by atoms with Crippen molar-refractivity contribution in [3.63, 3.8) is 0 Å². The summed E-state index contributed by atoms with van der Waals surface area (Å²) in [5, 5.41) is 11.8. The summed E-state index contributed by atoms with van der Waals surface area (Å²) in [7, 11) is 3.27. The minimum Gasteiger partial charge on any atom is -0.493 e. The second-order valence-electron chi connectivity index (χ2n) is 6.71. The highest BCUT2D eigenvalue weighted by molar-refractivity contribution is 5.93. The van der Waals surface area contributed by atoms with Crippen molar-refractivity contribution in [1.29, 1.82) is 5.26 Å². The molecular weight excluding hydrogens is 342 g/mol. The number of methoxy groups -OCH3 is 2. The van der Waals surface area contributed by atoms with Crippen LogP contribution in [0.4, 0.5) is 5.69 Å². The Morgan fingerprint density at radius 3 is 2.37 bits per heavy atom. The highest BCUT2D eigenvalue weighted by atomic mass is 16.5. The monoisotopic (exact) mass is 366 g/mol. The number of benzene rings is 2. The summed E-state index contributed by atoms with van der Waals surface area (Å²) in [5.41, 5.74) is 3.71. The smallest absolute Gasteiger partial charge is 0.282 e. The maximum atomic E-state index is 12.7. The maximum absolute atomic E-state index is 12.7. The first-order chi connectivity index (χ1) is 13.0. The number of nitriles is 1. The third-order valence-corrected chi connectivity index (χ3v) is 5.13. The fourth-order valence-corrected chi connectivity index (χ4v) is 3.42. The summed E-state index contributed by atoms with van der Waals surface area (Å²) in [5.74, 6) is 1.43. The topological polar surface area (TPSA) is 75.8 Å². The van der Waals surface area contributed by atoms with Crippen LogP contribution in [-0.2, 0) is 17.8 Å². The number of nitrogens with one attached hydrogen (secondary N) is 2. The number of rotatable bonds is 5. The van der Waals surface area contributed by atoms with Crippen molar-refractivity contribution in [3.8, 4) is 17.6 Å². The maximum Gasteiger partial charge on any atom is 0.282 e. The summed E-state index contributed by atoms with van der Waals surface area (Å²) >= 11 is 0.